The quantitative estimate of drug-likeness (QED) is 0.227. The molecule has 0 spiro atoms. The van der Waals surface area contributed by atoms with E-state index in [9.17, 15) is 4.79 Å². The lowest BCUT2D eigenvalue weighted by atomic mass is 10.1. The molecule has 0 radical (unpaired) electrons. The van der Waals surface area contributed by atoms with Crippen LogP contribution in [-0.4, -0.2) is 88.7 Å². The molecule has 1 aromatic carbocycles. The van der Waals surface area contributed by atoms with Crippen LogP contribution in [-0.2, 0) is 11.2 Å². The van der Waals surface area contributed by atoms with E-state index < -0.39 is 0 Å². The Hall–Kier alpha value is -1.39. The van der Waals surface area contributed by atoms with Crippen LogP contribution < -0.4 is 10.6 Å². The molecular formula is C21H36IN5O2. The van der Waals surface area contributed by atoms with Gasteiger partial charge in [0, 0.05) is 52.9 Å². The molecule has 164 valence electrons. The van der Waals surface area contributed by atoms with Crippen LogP contribution >= 0.6 is 24.0 Å². The van der Waals surface area contributed by atoms with E-state index in [4.69, 9.17) is 4.74 Å². The second kappa shape index (κ2) is 14.6. The monoisotopic (exact) mass is 517 g/mol. The maximum absolute atomic E-state index is 12.1. The zero-order valence-electron chi connectivity index (χ0n) is 17.9. The second-order valence-corrected chi connectivity index (χ2v) is 7.24. The number of nitrogens with one attached hydrogen (secondary N) is 2. The highest BCUT2D eigenvalue weighted by atomic mass is 127. The van der Waals surface area contributed by atoms with Gasteiger partial charge in [-0.15, -0.1) is 24.0 Å². The summed E-state index contributed by atoms with van der Waals surface area (Å²) in [5, 5.41) is 6.72. The number of nitrogens with zero attached hydrogens (tertiary/aromatic N) is 3. The van der Waals surface area contributed by atoms with Gasteiger partial charge in [-0.2, -0.15) is 0 Å². The summed E-state index contributed by atoms with van der Waals surface area (Å²) < 4.78 is 5.37. The zero-order chi connectivity index (χ0) is 20.2. The van der Waals surface area contributed by atoms with Crippen molar-refractivity contribution in [1.29, 1.82) is 0 Å². The van der Waals surface area contributed by atoms with Crippen LogP contribution in [0, 0.1) is 0 Å². The van der Waals surface area contributed by atoms with E-state index in [-0.39, 0.29) is 29.9 Å². The highest BCUT2D eigenvalue weighted by Gasteiger charge is 2.09. The molecule has 1 saturated heterocycles. The number of halogens is 1. The maximum atomic E-state index is 12.1. The Labute approximate surface area is 192 Å². The van der Waals surface area contributed by atoms with Crippen molar-refractivity contribution in [2.75, 3.05) is 67.1 Å². The van der Waals surface area contributed by atoms with Crippen molar-refractivity contribution in [3.63, 3.8) is 0 Å². The summed E-state index contributed by atoms with van der Waals surface area (Å²) in [6, 6.07) is 7.81. The van der Waals surface area contributed by atoms with Crippen molar-refractivity contribution in [2.24, 2.45) is 4.99 Å². The number of guanidine groups is 1. The molecule has 0 atom stereocenters. The van der Waals surface area contributed by atoms with Gasteiger partial charge in [-0.25, -0.2) is 0 Å². The van der Waals surface area contributed by atoms with Crippen LogP contribution in [0.15, 0.2) is 29.3 Å². The van der Waals surface area contributed by atoms with Gasteiger partial charge in [-0.1, -0.05) is 12.1 Å². The van der Waals surface area contributed by atoms with E-state index in [2.05, 4.69) is 26.6 Å². The minimum atomic E-state index is 0. The van der Waals surface area contributed by atoms with Gasteiger partial charge in [0.05, 0.1) is 13.2 Å². The van der Waals surface area contributed by atoms with Gasteiger partial charge in [-0.3, -0.25) is 14.7 Å². The summed E-state index contributed by atoms with van der Waals surface area (Å²) in [6.07, 6.45) is 3.13. The standard InChI is InChI=1S/C21H35N5O2.HI/c1-22-21(23-10-4-5-12-26-13-15-28-16-14-26)24-11-9-18-7-6-8-19(17-18)20(27)25(2)3;/h6-8,17H,4-5,9-16H2,1-3H3,(H2,22,23,24);1H. The normalized spacial score (nSPS) is 14.8. The Morgan fingerprint density at radius 3 is 2.59 bits per heavy atom. The fourth-order valence-electron chi connectivity index (χ4n) is 3.16. The van der Waals surface area contributed by atoms with Gasteiger partial charge >= 0.3 is 0 Å². The fourth-order valence-corrected chi connectivity index (χ4v) is 3.16. The lowest BCUT2D eigenvalue weighted by molar-refractivity contribution is 0.0372. The summed E-state index contributed by atoms with van der Waals surface area (Å²) in [6.45, 7) is 6.65. The predicted octanol–water partition coefficient (Wildman–Crippen LogP) is 1.83. The molecule has 0 aromatic heterocycles. The molecule has 1 fully saturated rings. The van der Waals surface area contributed by atoms with E-state index in [1.807, 2.05) is 18.2 Å². The van der Waals surface area contributed by atoms with Crippen molar-refractivity contribution < 1.29 is 9.53 Å². The Kier molecular flexibility index (Phi) is 12.9. The summed E-state index contributed by atoms with van der Waals surface area (Å²) in [7, 11) is 5.33. The van der Waals surface area contributed by atoms with Crippen LogP contribution in [0.1, 0.15) is 28.8 Å². The van der Waals surface area contributed by atoms with E-state index in [0.29, 0.717) is 0 Å². The van der Waals surface area contributed by atoms with Crippen molar-refractivity contribution in [1.82, 2.24) is 20.4 Å². The average molecular weight is 517 g/mol. The molecule has 7 nitrogen and oxygen atoms in total. The van der Waals surface area contributed by atoms with Gasteiger partial charge < -0.3 is 20.3 Å². The summed E-state index contributed by atoms with van der Waals surface area (Å²) in [4.78, 5) is 20.4. The maximum Gasteiger partial charge on any atom is 0.253 e. The number of rotatable bonds is 9. The highest BCUT2D eigenvalue weighted by Crippen LogP contribution is 2.07. The van der Waals surface area contributed by atoms with Gasteiger partial charge in [0.1, 0.15) is 0 Å². The van der Waals surface area contributed by atoms with E-state index in [1.54, 1.807) is 26.0 Å². The van der Waals surface area contributed by atoms with E-state index in [0.717, 1.165) is 75.9 Å². The number of carbonyl (C=O) groups excluding carboxylic acids is 1. The van der Waals surface area contributed by atoms with Crippen molar-refractivity contribution in [3.8, 4) is 0 Å². The average Bonchev–Trinajstić information content (AvgIpc) is 2.72. The molecule has 0 bridgehead atoms. The Balaban J connectivity index is 0.00000420. The van der Waals surface area contributed by atoms with Crippen LogP contribution in [0.3, 0.4) is 0 Å². The third-order valence-corrected chi connectivity index (χ3v) is 4.81. The predicted molar refractivity (Wildman–Crippen MR) is 129 cm³/mol. The van der Waals surface area contributed by atoms with Gasteiger partial charge in [0.2, 0.25) is 0 Å². The Bertz CT molecular complexity index is 633. The number of morpholine rings is 1. The number of unbranched alkanes of at least 4 members (excludes halogenated alkanes) is 1. The molecule has 29 heavy (non-hydrogen) atoms. The molecule has 0 saturated carbocycles. The molecule has 0 aliphatic carbocycles. The fraction of sp³-hybridized carbons (Fsp3) is 0.619. The van der Waals surface area contributed by atoms with Gasteiger partial charge in [0.25, 0.3) is 5.91 Å². The van der Waals surface area contributed by atoms with E-state index >= 15 is 0 Å². The van der Waals surface area contributed by atoms with Crippen molar-refractivity contribution in [2.45, 2.75) is 19.3 Å². The molecule has 1 aliphatic rings. The number of ether oxygens (including phenoxy) is 1. The number of aliphatic imine (C=N–C) groups is 1. The summed E-state index contributed by atoms with van der Waals surface area (Å²) >= 11 is 0. The number of hydrogen-bond donors (Lipinski definition) is 2. The van der Waals surface area contributed by atoms with Crippen molar-refractivity contribution >= 4 is 35.8 Å². The topological polar surface area (TPSA) is 69.2 Å². The minimum absolute atomic E-state index is 0. The molecule has 2 N–H and O–H groups in total. The summed E-state index contributed by atoms with van der Waals surface area (Å²) in [5.74, 6) is 0.858. The Morgan fingerprint density at radius 2 is 1.90 bits per heavy atom. The van der Waals surface area contributed by atoms with E-state index in [1.165, 1.54) is 6.42 Å². The number of amides is 1. The zero-order valence-corrected chi connectivity index (χ0v) is 20.3. The van der Waals surface area contributed by atoms with Crippen LogP contribution in [0.25, 0.3) is 0 Å². The molecule has 8 heteroatoms. The first-order chi connectivity index (χ1) is 13.6. The largest absolute Gasteiger partial charge is 0.379 e. The molecule has 2 rings (SSSR count). The van der Waals surface area contributed by atoms with Gasteiger partial charge in [0.15, 0.2) is 5.96 Å². The molecule has 1 aromatic rings. The molecule has 0 unspecified atom stereocenters. The third-order valence-electron chi connectivity index (χ3n) is 4.81. The third kappa shape index (κ3) is 9.77. The first-order valence-electron chi connectivity index (χ1n) is 10.2. The summed E-state index contributed by atoms with van der Waals surface area (Å²) in [5.41, 5.74) is 1.87. The lowest BCUT2D eigenvalue weighted by Gasteiger charge is -2.26. The SMILES string of the molecule is CN=C(NCCCCN1CCOCC1)NCCc1cccc(C(=O)N(C)C)c1.I. The Morgan fingerprint density at radius 1 is 1.17 bits per heavy atom. The van der Waals surface area contributed by atoms with Crippen LogP contribution in [0.4, 0.5) is 0 Å². The second-order valence-electron chi connectivity index (χ2n) is 7.24. The minimum Gasteiger partial charge on any atom is -0.379 e. The molecule has 1 heterocycles. The first-order valence-corrected chi connectivity index (χ1v) is 10.2. The smallest absolute Gasteiger partial charge is 0.253 e. The molecular weight excluding hydrogens is 481 g/mol. The molecule has 1 amide bonds. The lowest BCUT2D eigenvalue weighted by Crippen LogP contribution is -2.39. The number of hydrogen-bond acceptors (Lipinski definition) is 4. The molecule has 1 aliphatic heterocycles. The first kappa shape index (κ1) is 25.6. The van der Waals surface area contributed by atoms with Gasteiger partial charge in [-0.05, 0) is 43.5 Å². The highest BCUT2D eigenvalue weighted by molar-refractivity contribution is 14.0. The van der Waals surface area contributed by atoms with Crippen molar-refractivity contribution in [3.05, 3.63) is 35.4 Å². The van der Waals surface area contributed by atoms with Crippen LogP contribution in [0.2, 0.25) is 0 Å². The number of benzene rings is 1. The van der Waals surface area contributed by atoms with Crippen LogP contribution in [0.5, 0.6) is 0 Å². The number of carbonyl (C=O) groups is 1.